The lowest BCUT2D eigenvalue weighted by Gasteiger charge is -2.03. The van der Waals surface area contributed by atoms with Gasteiger partial charge in [-0.3, -0.25) is 4.79 Å². The summed E-state index contributed by atoms with van der Waals surface area (Å²) in [4.78, 5) is 11.8. The quantitative estimate of drug-likeness (QED) is 0.632. The van der Waals surface area contributed by atoms with E-state index in [1.54, 1.807) is 0 Å². The molecule has 74 valence electrons. The van der Waals surface area contributed by atoms with E-state index in [-0.39, 0.29) is 5.92 Å². The molecular weight excluding hydrogens is 184 g/mol. The fourth-order valence-electron chi connectivity index (χ4n) is 2.45. The first-order chi connectivity index (χ1) is 7.27. The van der Waals surface area contributed by atoms with Gasteiger partial charge in [0.1, 0.15) is 0 Å². The van der Waals surface area contributed by atoms with E-state index in [1.807, 2.05) is 31.2 Å². The Morgan fingerprint density at radius 1 is 1.13 bits per heavy atom. The van der Waals surface area contributed by atoms with Gasteiger partial charge in [0.2, 0.25) is 0 Å². The molecule has 1 heteroatoms. The summed E-state index contributed by atoms with van der Waals surface area (Å²) in [6, 6.07) is 12.3. The topological polar surface area (TPSA) is 17.1 Å². The lowest BCUT2D eigenvalue weighted by atomic mass is 10.0. The Morgan fingerprint density at radius 3 is 2.80 bits per heavy atom. The minimum Gasteiger partial charge on any atom is -0.294 e. The molecule has 1 aliphatic carbocycles. The highest BCUT2D eigenvalue weighted by atomic mass is 16.1. The molecule has 1 atom stereocenters. The Labute approximate surface area is 88.7 Å². The van der Waals surface area contributed by atoms with E-state index >= 15 is 0 Å². The van der Waals surface area contributed by atoms with Crippen LogP contribution in [0.5, 0.6) is 0 Å². The molecule has 3 rings (SSSR count). The molecule has 2 aromatic carbocycles. The summed E-state index contributed by atoms with van der Waals surface area (Å²) in [7, 11) is 0. The van der Waals surface area contributed by atoms with Crippen LogP contribution >= 0.6 is 0 Å². The number of hydrogen-bond donors (Lipinski definition) is 0. The lowest BCUT2D eigenvalue weighted by molar-refractivity contribution is 0.0946. The van der Waals surface area contributed by atoms with Crippen LogP contribution in [0, 0.1) is 5.92 Å². The van der Waals surface area contributed by atoms with Crippen LogP contribution in [0.25, 0.3) is 10.8 Å². The maximum absolute atomic E-state index is 11.8. The highest BCUT2D eigenvalue weighted by Crippen LogP contribution is 2.32. The summed E-state index contributed by atoms with van der Waals surface area (Å²) in [5.74, 6) is 0.460. The van der Waals surface area contributed by atoms with E-state index in [2.05, 4.69) is 12.1 Å². The second-order valence-corrected chi connectivity index (χ2v) is 4.28. The zero-order chi connectivity index (χ0) is 10.4. The van der Waals surface area contributed by atoms with Crippen LogP contribution in [0.2, 0.25) is 0 Å². The number of benzene rings is 2. The van der Waals surface area contributed by atoms with Gasteiger partial charge in [-0.1, -0.05) is 43.3 Å². The molecule has 0 radical (unpaired) electrons. The van der Waals surface area contributed by atoms with Gasteiger partial charge in [-0.25, -0.2) is 0 Å². The van der Waals surface area contributed by atoms with Gasteiger partial charge in [-0.15, -0.1) is 0 Å². The largest absolute Gasteiger partial charge is 0.294 e. The number of Topliss-reactive ketones (excluding diaryl/α,β-unsaturated/α-hetero) is 1. The summed E-state index contributed by atoms with van der Waals surface area (Å²) in [5.41, 5.74) is 2.17. The van der Waals surface area contributed by atoms with Gasteiger partial charge in [0, 0.05) is 11.5 Å². The molecule has 0 saturated heterocycles. The number of fused-ring (bicyclic) bond motifs is 3. The third kappa shape index (κ3) is 1.13. The van der Waals surface area contributed by atoms with E-state index in [9.17, 15) is 4.79 Å². The molecule has 0 bridgehead atoms. The fourth-order valence-corrected chi connectivity index (χ4v) is 2.45. The predicted octanol–water partition coefficient (Wildman–Crippen LogP) is 3.21. The first-order valence-electron chi connectivity index (χ1n) is 5.32. The standard InChI is InChI=1S/C14H12O/c1-9-8-13-11-5-3-2-4-10(11)6-7-12(13)14(9)15/h2-7,9H,8H2,1H3/t9-/m0/s1. The molecule has 0 spiro atoms. The van der Waals surface area contributed by atoms with E-state index < -0.39 is 0 Å². The van der Waals surface area contributed by atoms with Crippen molar-refractivity contribution in [1.82, 2.24) is 0 Å². The van der Waals surface area contributed by atoms with Gasteiger partial charge in [-0.05, 0) is 22.8 Å². The summed E-state index contributed by atoms with van der Waals surface area (Å²) >= 11 is 0. The molecule has 2 aromatic rings. The zero-order valence-corrected chi connectivity index (χ0v) is 8.66. The van der Waals surface area contributed by atoms with Crippen LogP contribution < -0.4 is 0 Å². The van der Waals surface area contributed by atoms with Crippen LogP contribution in [-0.2, 0) is 6.42 Å². The van der Waals surface area contributed by atoms with E-state index in [1.165, 1.54) is 16.3 Å². The van der Waals surface area contributed by atoms with Crippen LogP contribution in [0.3, 0.4) is 0 Å². The summed E-state index contributed by atoms with van der Waals surface area (Å²) in [6.45, 7) is 2.01. The van der Waals surface area contributed by atoms with E-state index in [4.69, 9.17) is 0 Å². The highest BCUT2D eigenvalue weighted by Gasteiger charge is 2.27. The van der Waals surface area contributed by atoms with Crippen LogP contribution in [0.15, 0.2) is 36.4 Å². The molecule has 0 heterocycles. The van der Waals surface area contributed by atoms with Crippen LogP contribution in [0.1, 0.15) is 22.8 Å². The SMILES string of the molecule is C[C@H]1Cc2c(ccc3ccccc23)C1=O. The van der Waals surface area contributed by atoms with Crippen molar-refractivity contribution >= 4 is 16.6 Å². The first kappa shape index (κ1) is 8.66. The Morgan fingerprint density at radius 2 is 1.93 bits per heavy atom. The van der Waals surface area contributed by atoms with E-state index in [0.29, 0.717) is 5.78 Å². The van der Waals surface area contributed by atoms with Crippen molar-refractivity contribution in [2.24, 2.45) is 5.92 Å². The van der Waals surface area contributed by atoms with Gasteiger partial charge in [0.25, 0.3) is 0 Å². The van der Waals surface area contributed by atoms with Crippen molar-refractivity contribution in [1.29, 1.82) is 0 Å². The smallest absolute Gasteiger partial charge is 0.166 e. The van der Waals surface area contributed by atoms with Gasteiger partial charge in [-0.2, -0.15) is 0 Å². The number of carbonyl (C=O) groups excluding carboxylic acids is 1. The molecule has 1 nitrogen and oxygen atoms in total. The van der Waals surface area contributed by atoms with Crippen molar-refractivity contribution in [3.05, 3.63) is 47.5 Å². The maximum Gasteiger partial charge on any atom is 0.166 e. The third-order valence-corrected chi connectivity index (χ3v) is 3.26. The second-order valence-electron chi connectivity index (χ2n) is 4.28. The fraction of sp³-hybridized carbons (Fsp3) is 0.214. The zero-order valence-electron chi connectivity index (χ0n) is 8.66. The van der Waals surface area contributed by atoms with Crippen molar-refractivity contribution in [2.75, 3.05) is 0 Å². The molecule has 0 saturated carbocycles. The molecule has 0 amide bonds. The third-order valence-electron chi connectivity index (χ3n) is 3.26. The van der Waals surface area contributed by atoms with Crippen molar-refractivity contribution in [3.63, 3.8) is 0 Å². The van der Waals surface area contributed by atoms with Crippen molar-refractivity contribution < 1.29 is 4.79 Å². The number of hydrogen-bond acceptors (Lipinski definition) is 1. The molecule has 0 N–H and O–H groups in total. The van der Waals surface area contributed by atoms with Crippen LogP contribution in [-0.4, -0.2) is 5.78 Å². The monoisotopic (exact) mass is 196 g/mol. The molecule has 15 heavy (non-hydrogen) atoms. The summed E-state index contributed by atoms with van der Waals surface area (Å²) in [5, 5.41) is 2.48. The molecule has 0 fully saturated rings. The average molecular weight is 196 g/mol. The summed E-state index contributed by atoms with van der Waals surface area (Å²) < 4.78 is 0. The van der Waals surface area contributed by atoms with Gasteiger partial charge in [0.05, 0.1) is 0 Å². The molecule has 0 aliphatic heterocycles. The minimum atomic E-state index is 0.158. The first-order valence-corrected chi connectivity index (χ1v) is 5.32. The molecule has 0 aromatic heterocycles. The minimum absolute atomic E-state index is 0.158. The molecule has 0 unspecified atom stereocenters. The number of rotatable bonds is 0. The highest BCUT2D eigenvalue weighted by molar-refractivity contribution is 6.07. The Bertz CT molecular complexity index is 554. The average Bonchev–Trinajstić information content (AvgIpc) is 2.56. The number of carbonyl (C=O) groups is 1. The normalized spacial score (nSPS) is 19.5. The van der Waals surface area contributed by atoms with Crippen molar-refractivity contribution in [3.8, 4) is 0 Å². The Hall–Kier alpha value is -1.63. The Kier molecular flexibility index (Phi) is 1.69. The lowest BCUT2D eigenvalue weighted by Crippen LogP contribution is -2.02. The van der Waals surface area contributed by atoms with Crippen molar-refractivity contribution in [2.45, 2.75) is 13.3 Å². The molecule has 1 aliphatic rings. The number of ketones is 1. The van der Waals surface area contributed by atoms with Crippen LogP contribution in [0.4, 0.5) is 0 Å². The second kappa shape index (κ2) is 2.93. The van der Waals surface area contributed by atoms with Gasteiger partial charge >= 0.3 is 0 Å². The predicted molar refractivity (Wildman–Crippen MR) is 61.1 cm³/mol. The van der Waals surface area contributed by atoms with E-state index in [0.717, 1.165) is 12.0 Å². The maximum atomic E-state index is 11.8. The van der Waals surface area contributed by atoms with Gasteiger partial charge < -0.3 is 0 Å². The Balaban J connectivity index is 2.38. The summed E-state index contributed by atoms with van der Waals surface area (Å²) in [6.07, 6.45) is 0.898. The van der Waals surface area contributed by atoms with Gasteiger partial charge in [0.15, 0.2) is 5.78 Å². The molecular formula is C14H12O.